The number of hydrogen-bond acceptors (Lipinski definition) is 7. The third-order valence-corrected chi connectivity index (χ3v) is 5.85. The summed E-state index contributed by atoms with van der Waals surface area (Å²) in [5, 5.41) is 3.30. The molecule has 1 amide bonds. The zero-order chi connectivity index (χ0) is 23.6. The van der Waals surface area contributed by atoms with Gasteiger partial charge in [-0.15, -0.1) is 0 Å². The molecule has 1 aromatic heterocycles. The molecule has 1 saturated heterocycles. The standard InChI is InChI=1S/C23H33N5O4/c1-8-32-19-13-28(23(30)31-7)12-18(19)25-20-15(3)24-21(27(6)22(20)29)17-10-9-16(26(4)5)11-14(17)2/h9-11,18-19,25H,8,12-13H2,1-7H3/t18?,19-/m0/s1. The number of rotatable bonds is 6. The van der Waals surface area contributed by atoms with E-state index in [4.69, 9.17) is 14.5 Å². The van der Waals surface area contributed by atoms with Crippen LogP contribution in [0.2, 0.25) is 0 Å². The molecule has 1 fully saturated rings. The summed E-state index contributed by atoms with van der Waals surface area (Å²) in [4.78, 5) is 33.7. The van der Waals surface area contributed by atoms with Gasteiger partial charge in [-0.25, -0.2) is 9.78 Å². The van der Waals surface area contributed by atoms with Gasteiger partial charge in [0.2, 0.25) is 0 Å². The third kappa shape index (κ3) is 4.57. The Bertz CT molecular complexity index is 1050. The molecule has 0 radical (unpaired) electrons. The lowest BCUT2D eigenvalue weighted by molar-refractivity contribution is 0.0614. The van der Waals surface area contributed by atoms with Gasteiger partial charge < -0.3 is 24.6 Å². The van der Waals surface area contributed by atoms with Crippen molar-refractivity contribution in [3.8, 4) is 11.4 Å². The maximum atomic E-state index is 13.3. The quantitative estimate of drug-likeness (QED) is 0.733. The van der Waals surface area contributed by atoms with Crippen LogP contribution in [-0.2, 0) is 16.5 Å². The number of nitrogens with one attached hydrogen (secondary N) is 1. The fourth-order valence-electron chi connectivity index (χ4n) is 4.05. The largest absolute Gasteiger partial charge is 0.453 e. The zero-order valence-electron chi connectivity index (χ0n) is 19.9. The number of hydrogen-bond donors (Lipinski definition) is 1. The van der Waals surface area contributed by atoms with Gasteiger partial charge >= 0.3 is 6.09 Å². The summed E-state index contributed by atoms with van der Waals surface area (Å²) in [5.41, 5.74) is 3.89. The van der Waals surface area contributed by atoms with Crippen LogP contribution in [0.3, 0.4) is 0 Å². The number of anilines is 2. The highest BCUT2D eigenvalue weighted by atomic mass is 16.5. The van der Waals surface area contributed by atoms with Crippen molar-refractivity contribution in [1.82, 2.24) is 14.5 Å². The van der Waals surface area contributed by atoms with Crippen LogP contribution < -0.4 is 15.8 Å². The molecule has 1 aromatic carbocycles. The summed E-state index contributed by atoms with van der Waals surface area (Å²) in [6.07, 6.45) is -0.655. The van der Waals surface area contributed by atoms with Gasteiger partial charge in [0.05, 0.1) is 31.5 Å². The van der Waals surface area contributed by atoms with E-state index in [0.29, 0.717) is 36.9 Å². The van der Waals surface area contributed by atoms with Gasteiger partial charge in [-0.3, -0.25) is 9.36 Å². The van der Waals surface area contributed by atoms with Gasteiger partial charge in [-0.1, -0.05) is 0 Å². The average molecular weight is 444 g/mol. The normalized spacial score (nSPS) is 18.0. The number of benzene rings is 1. The number of nitrogens with zero attached hydrogens (tertiary/aromatic N) is 4. The monoisotopic (exact) mass is 443 g/mol. The summed E-state index contributed by atoms with van der Waals surface area (Å²) >= 11 is 0. The van der Waals surface area contributed by atoms with Gasteiger partial charge in [0.25, 0.3) is 5.56 Å². The summed E-state index contributed by atoms with van der Waals surface area (Å²) in [6.45, 7) is 7.03. The van der Waals surface area contributed by atoms with E-state index in [-0.39, 0.29) is 17.7 Å². The molecule has 174 valence electrons. The predicted octanol–water partition coefficient (Wildman–Crippen LogP) is 2.40. The first-order valence-electron chi connectivity index (χ1n) is 10.7. The molecule has 3 rings (SSSR count). The van der Waals surface area contributed by atoms with Gasteiger partial charge in [0.1, 0.15) is 11.5 Å². The molecule has 0 bridgehead atoms. The minimum Gasteiger partial charge on any atom is -0.453 e. The lowest BCUT2D eigenvalue weighted by atomic mass is 10.1. The molecular formula is C23H33N5O4. The third-order valence-electron chi connectivity index (χ3n) is 5.85. The molecule has 1 aliphatic rings. The molecule has 1 N–H and O–H groups in total. The fourth-order valence-corrected chi connectivity index (χ4v) is 4.05. The predicted molar refractivity (Wildman–Crippen MR) is 126 cm³/mol. The molecule has 2 atom stereocenters. The van der Waals surface area contributed by atoms with Gasteiger partial charge in [-0.2, -0.15) is 0 Å². The number of amides is 1. The van der Waals surface area contributed by atoms with Crippen molar-refractivity contribution >= 4 is 17.5 Å². The van der Waals surface area contributed by atoms with E-state index in [1.54, 1.807) is 16.5 Å². The highest BCUT2D eigenvalue weighted by molar-refractivity contribution is 5.69. The number of aryl methyl sites for hydroxylation is 2. The molecule has 1 aliphatic heterocycles. The van der Waals surface area contributed by atoms with E-state index in [9.17, 15) is 9.59 Å². The SMILES string of the molecule is CCO[C@H]1CN(C(=O)OC)CC1Nc1c(C)nc(-c2ccc(N(C)C)cc2C)n(C)c1=O. The lowest BCUT2D eigenvalue weighted by Crippen LogP contribution is -2.38. The maximum absolute atomic E-state index is 13.3. The fraction of sp³-hybridized carbons (Fsp3) is 0.522. The van der Waals surface area contributed by atoms with E-state index in [1.165, 1.54) is 7.11 Å². The summed E-state index contributed by atoms with van der Waals surface area (Å²) in [7, 11) is 7.07. The van der Waals surface area contributed by atoms with E-state index in [0.717, 1.165) is 16.8 Å². The van der Waals surface area contributed by atoms with Crippen LogP contribution in [0.5, 0.6) is 0 Å². The first-order chi connectivity index (χ1) is 15.2. The van der Waals surface area contributed by atoms with E-state index in [1.807, 2.05) is 51.9 Å². The number of ether oxygens (including phenoxy) is 2. The number of methoxy groups -OCH3 is 1. The maximum Gasteiger partial charge on any atom is 0.409 e. The van der Waals surface area contributed by atoms with Crippen molar-refractivity contribution < 1.29 is 14.3 Å². The van der Waals surface area contributed by atoms with Crippen molar-refractivity contribution in [2.45, 2.75) is 32.9 Å². The van der Waals surface area contributed by atoms with Crippen molar-refractivity contribution in [3.05, 3.63) is 39.8 Å². The molecule has 32 heavy (non-hydrogen) atoms. The minimum absolute atomic E-state index is 0.171. The smallest absolute Gasteiger partial charge is 0.409 e. The van der Waals surface area contributed by atoms with Crippen LogP contribution >= 0.6 is 0 Å². The number of carbonyl (C=O) groups is 1. The molecule has 9 heteroatoms. The summed E-state index contributed by atoms with van der Waals surface area (Å²) in [6, 6.07) is 5.85. The van der Waals surface area contributed by atoms with Gasteiger partial charge in [0, 0.05) is 45.5 Å². The Morgan fingerprint density at radius 1 is 1.28 bits per heavy atom. The molecule has 0 saturated carbocycles. The van der Waals surface area contributed by atoms with Crippen molar-refractivity contribution in [2.75, 3.05) is 51.1 Å². The first kappa shape index (κ1) is 23.6. The molecule has 0 spiro atoms. The Kier molecular flexibility index (Phi) is 7.08. The van der Waals surface area contributed by atoms with Crippen LogP contribution in [0.15, 0.2) is 23.0 Å². The Hall–Kier alpha value is -3.07. The Morgan fingerprint density at radius 2 is 2.00 bits per heavy atom. The number of carbonyl (C=O) groups excluding carboxylic acids is 1. The Labute approximate surface area is 188 Å². The number of likely N-dealkylation sites (tertiary alicyclic amines) is 1. The van der Waals surface area contributed by atoms with E-state index >= 15 is 0 Å². The van der Waals surface area contributed by atoms with Crippen molar-refractivity contribution in [2.24, 2.45) is 7.05 Å². The van der Waals surface area contributed by atoms with Crippen molar-refractivity contribution in [3.63, 3.8) is 0 Å². The van der Waals surface area contributed by atoms with Gasteiger partial charge in [-0.05, 0) is 44.5 Å². The summed E-state index contributed by atoms with van der Waals surface area (Å²) in [5.74, 6) is 0.616. The first-order valence-corrected chi connectivity index (χ1v) is 10.7. The number of aromatic nitrogens is 2. The lowest BCUT2D eigenvalue weighted by Gasteiger charge is -2.22. The minimum atomic E-state index is -0.409. The van der Waals surface area contributed by atoms with Crippen LogP contribution in [0.25, 0.3) is 11.4 Å². The Morgan fingerprint density at radius 3 is 2.59 bits per heavy atom. The molecule has 2 aromatic rings. The second kappa shape index (κ2) is 9.60. The summed E-state index contributed by atoms with van der Waals surface area (Å²) < 4.78 is 12.2. The topological polar surface area (TPSA) is 88.9 Å². The zero-order valence-corrected chi connectivity index (χ0v) is 19.9. The van der Waals surface area contributed by atoms with Gasteiger partial charge in [0.15, 0.2) is 0 Å². The highest BCUT2D eigenvalue weighted by Crippen LogP contribution is 2.26. The van der Waals surface area contributed by atoms with Crippen LogP contribution in [-0.4, -0.2) is 73.6 Å². The molecule has 0 aliphatic carbocycles. The Balaban J connectivity index is 1.94. The van der Waals surface area contributed by atoms with E-state index in [2.05, 4.69) is 11.4 Å². The van der Waals surface area contributed by atoms with Crippen LogP contribution in [0.1, 0.15) is 18.2 Å². The average Bonchev–Trinajstić information content (AvgIpc) is 3.16. The molecule has 9 nitrogen and oxygen atoms in total. The second-order valence-electron chi connectivity index (χ2n) is 8.27. The molecule has 2 heterocycles. The van der Waals surface area contributed by atoms with Crippen molar-refractivity contribution in [1.29, 1.82) is 0 Å². The van der Waals surface area contributed by atoms with Crippen LogP contribution in [0.4, 0.5) is 16.2 Å². The molecule has 1 unspecified atom stereocenters. The van der Waals surface area contributed by atoms with Crippen LogP contribution in [0, 0.1) is 13.8 Å². The second-order valence-corrected chi connectivity index (χ2v) is 8.27. The highest BCUT2D eigenvalue weighted by Gasteiger charge is 2.37. The molecular weight excluding hydrogens is 410 g/mol. The van der Waals surface area contributed by atoms with E-state index < -0.39 is 6.09 Å².